The Labute approximate surface area is 239 Å². The van der Waals surface area contributed by atoms with Crippen LogP contribution < -0.4 is 15.0 Å². The first kappa shape index (κ1) is 25.6. The molecule has 7 heteroatoms. The summed E-state index contributed by atoms with van der Waals surface area (Å²) >= 11 is 5.94. The van der Waals surface area contributed by atoms with Crippen LogP contribution in [0.2, 0.25) is 0 Å². The molecule has 0 spiro atoms. The van der Waals surface area contributed by atoms with E-state index in [-0.39, 0.29) is 17.8 Å². The summed E-state index contributed by atoms with van der Waals surface area (Å²) < 4.78 is 8.25. The molecule has 2 N–H and O–H groups in total. The van der Waals surface area contributed by atoms with Gasteiger partial charge in [0, 0.05) is 23.3 Å². The Morgan fingerprint density at radius 1 is 0.875 bits per heavy atom. The standard InChI is InChI=1S/C33H30N4O2S/c1-21-10-4-7-14-30(21)39-25-17-15-24(16-18-25)37-32(31(35-33(37)40)27-11-8-9-19-34-27)26-20-22(2)36(23(26)3)28-12-5-6-13-29(28)38/h4-20,31-32,38H,1-3H3,(H,35,40). The average molecular weight is 547 g/mol. The molecule has 200 valence electrons. The molecule has 3 heterocycles. The molecule has 0 amide bonds. The lowest BCUT2D eigenvalue weighted by Crippen LogP contribution is -2.29. The van der Waals surface area contributed by atoms with Crippen LogP contribution in [0.25, 0.3) is 5.69 Å². The van der Waals surface area contributed by atoms with Gasteiger partial charge in [-0.2, -0.15) is 0 Å². The van der Waals surface area contributed by atoms with Crippen LogP contribution in [0.5, 0.6) is 17.2 Å². The minimum Gasteiger partial charge on any atom is -0.506 e. The van der Waals surface area contributed by atoms with E-state index in [1.54, 1.807) is 6.07 Å². The number of aromatic nitrogens is 2. The number of ether oxygens (including phenoxy) is 1. The summed E-state index contributed by atoms with van der Waals surface area (Å²) in [5.41, 5.74) is 6.83. The fourth-order valence-corrected chi connectivity index (χ4v) is 5.88. The number of phenolic OH excluding ortho intramolecular Hbond substituents is 1. The van der Waals surface area contributed by atoms with Gasteiger partial charge >= 0.3 is 0 Å². The zero-order valence-electron chi connectivity index (χ0n) is 22.6. The van der Waals surface area contributed by atoms with E-state index in [9.17, 15) is 5.11 Å². The van der Waals surface area contributed by atoms with Gasteiger partial charge in [-0.05, 0) is 105 Å². The highest BCUT2D eigenvalue weighted by Crippen LogP contribution is 2.44. The van der Waals surface area contributed by atoms with Crippen molar-refractivity contribution in [1.82, 2.24) is 14.9 Å². The fourth-order valence-electron chi connectivity index (χ4n) is 5.53. The van der Waals surface area contributed by atoms with Crippen molar-refractivity contribution in [3.8, 4) is 22.9 Å². The number of rotatable bonds is 6. The van der Waals surface area contributed by atoms with Crippen molar-refractivity contribution in [2.24, 2.45) is 0 Å². The largest absolute Gasteiger partial charge is 0.506 e. The third-order valence-electron chi connectivity index (χ3n) is 7.45. The molecule has 1 saturated heterocycles. The number of hydrogen-bond acceptors (Lipinski definition) is 4. The third-order valence-corrected chi connectivity index (χ3v) is 7.76. The number of para-hydroxylation sites is 3. The molecule has 2 aromatic heterocycles. The van der Waals surface area contributed by atoms with Crippen molar-refractivity contribution in [3.05, 3.63) is 131 Å². The van der Waals surface area contributed by atoms with Crippen LogP contribution in [0.3, 0.4) is 0 Å². The maximum atomic E-state index is 10.7. The van der Waals surface area contributed by atoms with Crippen molar-refractivity contribution in [3.63, 3.8) is 0 Å². The lowest BCUT2D eigenvalue weighted by atomic mass is 9.96. The second-order valence-electron chi connectivity index (χ2n) is 10.0. The number of pyridine rings is 1. The van der Waals surface area contributed by atoms with E-state index in [4.69, 9.17) is 17.0 Å². The summed E-state index contributed by atoms with van der Waals surface area (Å²) in [6, 6.07) is 31.2. The van der Waals surface area contributed by atoms with E-state index in [1.807, 2.05) is 98.0 Å². The van der Waals surface area contributed by atoms with Gasteiger partial charge in [-0.25, -0.2) is 0 Å². The molecule has 1 fully saturated rings. The van der Waals surface area contributed by atoms with E-state index in [2.05, 4.69) is 39.7 Å². The monoisotopic (exact) mass is 546 g/mol. The molecule has 3 aromatic carbocycles. The predicted molar refractivity (Wildman–Crippen MR) is 163 cm³/mol. The molecule has 0 aliphatic carbocycles. The molecular weight excluding hydrogens is 516 g/mol. The molecule has 2 atom stereocenters. The minimum atomic E-state index is -0.171. The number of hydrogen-bond donors (Lipinski definition) is 2. The smallest absolute Gasteiger partial charge is 0.174 e. The maximum absolute atomic E-state index is 10.7. The Kier molecular flexibility index (Phi) is 6.74. The quantitative estimate of drug-likeness (QED) is 0.215. The summed E-state index contributed by atoms with van der Waals surface area (Å²) in [5, 5.41) is 14.8. The second kappa shape index (κ2) is 10.5. The number of aryl methyl sites for hydroxylation is 2. The molecule has 6 rings (SSSR count). The van der Waals surface area contributed by atoms with E-state index in [0.717, 1.165) is 51.1 Å². The number of anilines is 1. The number of nitrogens with one attached hydrogen (secondary N) is 1. The van der Waals surface area contributed by atoms with Gasteiger partial charge < -0.3 is 24.6 Å². The van der Waals surface area contributed by atoms with Crippen molar-refractivity contribution in [2.75, 3.05) is 4.90 Å². The first-order chi connectivity index (χ1) is 19.4. The van der Waals surface area contributed by atoms with Crippen LogP contribution in [-0.4, -0.2) is 19.8 Å². The molecule has 0 bridgehead atoms. The lowest BCUT2D eigenvalue weighted by Gasteiger charge is -2.28. The van der Waals surface area contributed by atoms with Crippen LogP contribution in [-0.2, 0) is 0 Å². The van der Waals surface area contributed by atoms with Gasteiger partial charge in [0.1, 0.15) is 17.2 Å². The Morgan fingerprint density at radius 3 is 2.33 bits per heavy atom. The number of phenols is 1. The number of thiocarbonyl (C=S) groups is 1. The minimum absolute atomic E-state index is 0.170. The van der Waals surface area contributed by atoms with E-state index < -0.39 is 0 Å². The average Bonchev–Trinajstić information content (AvgIpc) is 3.46. The van der Waals surface area contributed by atoms with Gasteiger partial charge in [0.2, 0.25) is 0 Å². The predicted octanol–water partition coefficient (Wildman–Crippen LogP) is 7.47. The molecule has 40 heavy (non-hydrogen) atoms. The highest BCUT2D eigenvalue weighted by atomic mass is 32.1. The maximum Gasteiger partial charge on any atom is 0.174 e. The number of benzene rings is 3. The summed E-state index contributed by atoms with van der Waals surface area (Å²) in [6.45, 7) is 6.18. The van der Waals surface area contributed by atoms with Gasteiger partial charge in [-0.3, -0.25) is 4.98 Å². The van der Waals surface area contributed by atoms with Crippen molar-refractivity contribution >= 4 is 23.0 Å². The molecule has 1 aliphatic heterocycles. The van der Waals surface area contributed by atoms with Gasteiger partial charge in [-0.1, -0.05) is 36.4 Å². The van der Waals surface area contributed by atoms with Crippen molar-refractivity contribution < 1.29 is 9.84 Å². The lowest BCUT2D eigenvalue weighted by molar-refractivity contribution is 0.471. The van der Waals surface area contributed by atoms with E-state index >= 15 is 0 Å². The number of nitrogens with zero attached hydrogens (tertiary/aromatic N) is 3. The topological polar surface area (TPSA) is 62.5 Å². The highest BCUT2D eigenvalue weighted by Gasteiger charge is 2.42. The first-order valence-corrected chi connectivity index (χ1v) is 13.6. The van der Waals surface area contributed by atoms with E-state index in [1.165, 1.54) is 0 Å². The Morgan fingerprint density at radius 2 is 1.60 bits per heavy atom. The van der Waals surface area contributed by atoms with Crippen LogP contribution in [0, 0.1) is 20.8 Å². The number of aromatic hydroxyl groups is 1. The zero-order valence-corrected chi connectivity index (χ0v) is 23.4. The van der Waals surface area contributed by atoms with Crippen molar-refractivity contribution in [2.45, 2.75) is 32.9 Å². The highest BCUT2D eigenvalue weighted by molar-refractivity contribution is 7.80. The molecule has 0 saturated carbocycles. The van der Waals surface area contributed by atoms with Crippen molar-refractivity contribution in [1.29, 1.82) is 0 Å². The fraction of sp³-hybridized carbons (Fsp3) is 0.152. The van der Waals surface area contributed by atoms with Gasteiger partial charge in [0.05, 0.1) is 23.5 Å². The molecule has 0 radical (unpaired) electrons. The Bertz CT molecular complexity index is 1680. The normalized spacial score (nSPS) is 16.7. The Hall–Kier alpha value is -4.62. The summed E-state index contributed by atoms with van der Waals surface area (Å²) in [4.78, 5) is 6.84. The van der Waals surface area contributed by atoms with Crippen LogP contribution >= 0.6 is 12.2 Å². The molecular formula is C33H30N4O2S. The molecule has 1 aliphatic rings. The first-order valence-electron chi connectivity index (χ1n) is 13.2. The third kappa shape index (κ3) is 4.58. The van der Waals surface area contributed by atoms with Gasteiger partial charge in [0.15, 0.2) is 5.11 Å². The summed E-state index contributed by atoms with van der Waals surface area (Å²) in [6.07, 6.45) is 1.81. The van der Waals surface area contributed by atoms with Crippen LogP contribution in [0.15, 0.2) is 103 Å². The van der Waals surface area contributed by atoms with Gasteiger partial charge in [0.25, 0.3) is 0 Å². The molecule has 6 nitrogen and oxygen atoms in total. The summed E-state index contributed by atoms with van der Waals surface area (Å²) in [5.74, 6) is 1.82. The zero-order chi connectivity index (χ0) is 27.8. The van der Waals surface area contributed by atoms with Gasteiger partial charge in [-0.15, -0.1) is 0 Å². The summed E-state index contributed by atoms with van der Waals surface area (Å²) in [7, 11) is 0. The Balaban J connectivity index is 1.42. The molecule has 2 unspecified atom stereocenters. The SMILES string of the molecule is Cc1ccccc1Oc1ccc(N2C(=S)NC(c3ccccn3)C2c2cc(C)n(-c3ccccc3O)c2C)cc1. The molecule has 5 aromatic rings. The van der Waals surface area contributed by atoms with Crippen LogP contribution in [0.1, 0.15) is 40.3 Å². The van der Waals surface area contributed by atoms with E-state index in [0.29, 0.717) is 5.11 Å². The second-order valence-corrected chi connectivity index (χ2v) is 10.4. The van der Waals surface area contributed by atoms with Crippen LogP contribution in [0.4, 0.5) is 5.69 Å².